The normalized spacial score (nSPS) is 13.1. The van der Waals surface area contributed by atoms with Crippen LogP contribution in [0, 0.1) is 6.92 Å². The van der Waals surface area contributed by atoms with E-state index in [1.165, 1.54) is 16.7 Å². The molecule has 1 aliphatic rings. The Labute approximate surface area is 159 Å². The van der Waals surface area contributed by atoms with Crippen molar-refractivity contribution in [3.8, 4) is 0 Å². The van der Waals surface area contributed by atoms with Crippen molar-refractivity contribution in [1.82, 2.24) is 4.98 Å². The second-order valence-corrected chi connectivity index (χ2v) is 6.96. The highest BCUT2D eigenvalue weighted by atomic mass is 16.2. The first-order chi connectivity index (χ1) is 13.2. The molecule has 3 aromatic rings. The minimum Gasteiger partial charge on any atom is -0.366 e. The Hall–Kier alpha value is -3.14. The van der Waals surface area contributed by atoms with Crippen LogP contribution in [-0.4, -0.2) is 17.4 Å². The summed E-state index contributed by atoms with van der Waals surface area (Å²) in [6, 6.07) is 20.3. The van der Waals surface area contributed by atoms with Gasteiger partial charge in [-0.15, -0.1) is 0 Å². The molecule has 136 valence electrons. The van der Waals surface area contributed by atoms with E-state index in [-0.39, 0.29) is 5.91 Å². The largest absolute Gasteiger partial charge is 0.366 e. The highest BCUT2D eigenvalue weighted by molar-refractivity contribution is 6.06. The van der Waals surface area contributed by atoms with Gasteiger partial charge in [0.15, 0.2) is 0 Å². The molecule has 4 rings (SSSR count). The van der Waals surface area contributed by atoms with Gasteiger partial charge < -0.3 is 10.2 Å². The molecule has 1 amide bonds. The van der Waals surface area contributed by atoms with E-state index in [9.17, 15) is 4.79 Å². The second kappa shape index (κ2) is 7.62. The first kappa shape index (κ1) is 17.3. The molecule has 0 fully saturated rings. The molecule has 2 aromatic carbocycles. The summed E-state index contributed by atoms with van der Waals surface area (Å²) in [5.41, 5.74) is 5.33. The summed E-state index contributed by atoms with van der Waals surface area (Å²) in [6.07, 6.45) is 3.68. The van der Waals surface area contributed by atoms with E-state index in [2.05, 4.69) is 47.6 Å². The van der Waals surface area contributed by atoms with Gasteiger partial charge >= 0.3 is 0 Å². The fourth-order valence-corrected chi connectivity index (χ4v) is 3.54. The Morgan fingerprint density at radius 1 is 1.11 bits per heavy atom. The molecule has 0 radical (unpaired) electrons. The molecule has 1 N–H and O–H groups in total. The fourth-order valence-electron chi connectivity index (χ4n) is 3.54. The van der Waals surface area contributed by atoms with Crippen LogP contribution in [0.2, 0.25) is 0 Å². The number of carbonyl (C=O) groups excluding carboxylic acids is 1. The minimum atomic E-state index is 0.0138. The third kappa shape index (κ3) is 3.85. The molecule has 0 spiro atoms. The number of amides is 1. The van der Waals surface area contributed by atoms with Gasteiger partial charge in [0.1, 0.15) is 5.82 Å². The summed E-state index contributed by atoms with van der Waals surface area (Å²) in [7, 11) is 0. The number of benzene rings is 2. The highest BCUT2D eigenvalue weighted by Gasteiger charge is 2.23. The molecule has 4 nitrogen and oxygen atoms in total. The first-order valence-electron chi connectivity index (χ1n) is 9.36. The minimum absolute atomic E-state index is 0.0138. The molecular weight excluding hydrogens is 334 g/mol. The lowest BCUT2D eigenvalue weighted by molar-refractivity contribution is 0.0985. The number of aryl methyl sites for hydroxylation is 2. The van der Waals surface area contributed by atoms with Gasteiger partial charge in [0.05, 0.1) is 5.56 Å². The monoisotopic (exact) mass is 357 g/mol. The van der Waals surface area contributed by atoms with Crippen molar-refractivity contribution in [3.63, 3.8) is 0 Å². The number of hydrogen-bond acceptors (Lipinski definition) is 3. The Balaban J connectivity index is 1.45. The number of anilines is 2. The van der Waals surface area contributed by atoms with Crippen molar-refractivity contribution in [3.05, 3.63) is 89.1 Å². The van der Waals surface area contributed by atoms with E-state index < -0.39 is 0 Å². The molecule has 0 saturated heterocycles. The molecule has 4 heteroatoms. The maximum Gasteiger partial charge on any atom is 0.259 e. The van der Waals surface area contributed by atoms with Crippen LogP contribution in [0.5, 0.6) is 0 Å². The summed E-state index contributed by atoms with van der Waals surface area (Å²) >= 11 is 0. The van der Waals surface area contributed by atoms with Crippen LogP contribution in [0.1, 0.15) is 33.5 Å². The zero-order chi connectivity index (χ0) is 18.6. The number of aromatic nitrogens is 1. The highest BCUT2D eigenvalue weighted by Crippen LogP contribution is 2.28. The topological polar surface area (TPSA) is 45.2 Å². The van der Waals surface area contributed by atoms with E-state index in [1.807, 2.05) is 35.2 Å². The van der Waals surface area contributed by atoms with Crippen LogP contribution in [0.15, 0.2) is 66.9 Å². The van der Waals surface area contributed by atoms with Crippen LogP contribution in [-0.2, 0) is 13.0 Å². The summed E-state index contributed by atoms with van der Waals surface area (Å²) < 4.78 is 0. The van der Waals surface area contributed by atoms with Crippen molar-refractivity contribution in [2.45, 2.75) is 26.3 Å². The van der Waals surface area contributed by atoms with Crippen molar-refractivity contribution < 1.29 is 4.79 Å². The average Bonchev–Trinajstić information content (AvgIpc) is 2.72. The Bertz CT molecular complexity index is 950. The maximum atomic E-state index is 13.0. The number of nitrogens with zero attached hydrogens (tertiary/aromatic N) is 2. The standard InChI is InChI=1S/C23H23N3O/c1-17-6-4-7-18(14-17)15-24-22-12-11-20(16-25-22)23(27)26-13-5-9-19-8-2-3-10-21(19)26/h2-4,6-8,10-12,14,16H,5,9,13,15H2,1H3,(H,24,25). The predicted octanol–water partition coefficient (Wildman–Crippen LogP) is 4.60. The summed E-state index contributed by atoms with van der Waals surface area (Å²) in [5.74, 6) is 0.784. The van der Waals surface area contributed by atoms with Crippen LogP contribution >= 0.6 is 0 Å². The van der Waals surface area contributed by atoms with Gasteiger partial charge in [0.25, 0.3) is 5.91 Å². The number of rotatable bonds is 4. The lowest BCUT2D eigenvalue weighted by Gasteiger charge is -2.29. The van der Waals surface area contributed by atoms with E-state index >= 15 is 0 Å². The van der Waals surface area contributed by atoms with E-state index in [4.69, 9.17) is 0 Å². The fraction of sp³-hybridized carbons (Fsp3) is 0.217. The maximum absolute atomic E-state index is 13.0. The van der Waals surface area contributed by atoms with E-state index in [1.54, 1.807) is 6.20 Å². The van der Waals surface area contributed by atoms with Gasteiger partial charge in [-0.3, -0.25) is 4.79 Å². The molecular formula is C23H23N3O. The third-order valence-electron chi connectivity index (χ3n) is 4.92. The van der Waals surface area contributed by atoms with Gasteiger partial charge in [0, 0.05) is 25.0 Å². The van der Waals surface area contributed by atoms with Crippen LogP contribution in [0.25, 0.3) is 0 Å². The van der Waals surface area contributed by atoms with Crippen molar-refractivity contribution in [2.75, 3.05) is 16.8 Å². The molecule has 1 aliphatic heterocycles. The van der Waals surface area contributed by atoms with Crippen molar-refractivity contribution in [2.24, 2.45) is 0 Å². The molecule has 0 saturated carbocycles. The lowest BCUT2D eigenvalue weighted by Crippen LogP contribution is -2.35. The SMILES string of the molecule is Cc1cccc(CNc2ccc(C(=O)N3CCCc4ccccc43)cn2)c1. The number of fused-ring (bicyclic) bond motifs is 1. The third-order valence-corrected chi connectivity index (χ3v) is 4.92. The van der Waals surface area contributed by atoms with Crippen molar-refractivity contribution >= 4 is 17.4 Å². The summed E-state index contributed by atoms with van der Waals surface area (Å²) in [6.45, 7) is 3.55. The molecule has 27 heavy (non-hydrogen) atoms. The molecule has 0 unspecified atom stereocenters. The average molecular weight is 357 g/mol. The van der Waals surface area contributed by atoms with E-state index in [0.29, 0.717) is 12.1 Å². The Morgan fingerprint density at radius 2 is 2.00 bits per heavy atom. The van der Waals surface area contributed by atoms with Gasteiger partial charge in [0.2, 0.25) is 0 Å². The summed E-state index contributed by atoms with van der Waals surface area (Å²) in [4.78, 5) is 19.3. The molecule has 0 aliphatic carbocycles. The van der Waals surface area contributed by atoms with Gasteiger partial charge in [-0.05, 0) is 49.1 Å². The number of carbonyl (C=O) groups is 1. The van der Waals surface area contributed by atoms with Crippen LogP contribution in [0.3, 0.4) is 0 Å². The van der Waals surface area contributed by atoms with Crippen LogP contribution in [0.4, 0.5) is 11.5 Å². The molecule has 0 atom stereocenters. The van der Waals surface area contributed by atoms with Gasteiger partial charge in [-0.1, -0.05) is 48.0 Å². The number of hydrogen-bond donors (Lipinski definition) is 1. The molecule has 1 aromatic heterocycles. The summed E-state index contributed by atoms with van der Waals surface area (Å²) in [5, 5.41) is 3.31. The number of pyridine rings is 1. The number of para-hydroxylation sites is 1. The predicted molar refractivity (Wildman–Crippen MR) is 109 cm³/mol. The lowest BCUT2D eigenvalue weighted by atomic mass is 10.0. The zero-order valence-corrected chi connectivity index (χ0v) is 15.5. The number of nitrogens with one attached hydrogen (secondary N) is 1. The molecule has 0 bridgehead atoms. The smallest absolute Gasteiger partial charge is 0.259 e. The first-order valence-corrected chi connectivity index (χ1v) is 9.36. The van der Waals surface area contributed by atoms with Gasteiger partial charge in [-0.2, -0.15) is 0 Å². The zero-order valence-electron chi connectivity index (χ0n) is 15.5. The Morgan fingerprint density at radius 3 is 2.81 bits per heavy atom. The Kier molecular flexibility index (Phi) is 4.88. The van der Waals surface area contributed by atoms with E-state index in [0.717, 1.165) is 30.9 Å². The van der Waals surface area contributed by atoms with Gasteiger partial charge in [-0.25, -0.2) is 4.98 Å². The van der Waals surface area contributed by atoms with Crippen LogP contribution < -0.4 is 10.2 Å². The molecule has 2 heterocycles. The van der Waals surface area contributed by atoms with Crippen molar-refractivity contribution in [1.29, 1.82) is 0 Å². The second-order valence-electron chi connectivity index (χ2n) is 6.96. The quantitative estimate of drug-likeness (QED) is 0.742.